The highest BCUT2D eigenvalue weighted by Gasteiger charge is 2.29. The Balaban J connectivity index is 1.86. The first-order valence-electron chi connectivity index (χ1n) is 7.72. The van der Waals surface area contributed by atoms with Crippen LogP contribution in [0.3, 0.4) is 0 Å². The number of rotatable bonds is 4. The molecular weight excluding hydrogens is 276 g/mol. The Bertz CT molecular complexity index is 411. The normalized spacial score (nSPS) is 32.1. The van der Waals surface area contributed by atoms with Gasteiger partial charge in [0.15, 0.2) is 0 Å². The predicted molar refractivity (Wildman–Crippen MR) is 80.0 cm³/mol. The lowest BCUT2D eigenvalue weighted by Gasteiger charge is -2.38. The van der Waals surface area contributed by atoms with Crippen molar-refractivity contribution in [1.29, 1.82) is 0 Å². The van der Waals surface area contributed by atoms with E-state index in [4.69, 9.17) is 0 Å². The molecule has 1 N–H and O–H groups in total. The molecule has 118 valence electrons. The SMILES string of the molecule is CC(O)C1CCCN(CC2CCCN(S(C)(=O)=O)C2)C1. The standard InChI is InChI=1S/C14H28N2O3S/c1-12(17)14-6-4-7-15(11-14)9-13-5-3-8-16(10-13)20(2,18)19/h12-14,17H,3-11H2,1-2H3. The van der Waals surface area contributed by atoms with Crippen LogP contribution in [0.5, 0.6) is 0 Å². The maximum absolute atomic E-state index is 11.6. The van der Waals surface area contributed by atoms with E-state index < -0.39 is 10.0 Å². The van der Waals surface area contributed by atoms with E-state index in [0.29, 0.717) is 24.9 Å². The molecule has 20 heavy (non-hydrogen) atoms. The van der Waals surface area contributed by atoms with Crippen LogP contribution in [-0.2, 0) is 10.0 Å². The van der Waals surface area contributed by atoms with Crippen molar-refractivity contribution in [3.63, 3.8) is 0 Å². The summed E-state index contributed by atoms with van der Waals surface area (Å²) in [5, 5.41) is 9.74. The molecule has 0 aromatic heterocycles. The van der Waals surface area contributed by atoms with Gasteiger partial charge in [-0.15, -0.1) is 0 Å². The molecule has 0 saturated carbocycles. The van der Waals surface area contributed by atoms with Gasteiger partial charge < -0.3 is 10.0 Å². The minimum absolute atomic E-state index is 0.239. The third-order valence-electron chi connectivity index (χ3n) is 4.69. The Morgan fingerprint density at radius 3 is 2.55 bits per heavy atom. The Morgan fingerprint density at radius 2 is 1.90 bits per heavy atom. The number of sulfonamides is 1. The zero-order valence-corrected chi connectivity index (χ0v) is 13.5. The lowest BCUT2D eigenvalue weighted by atomic mass is 9.91. The Labute approximate surface area is 123 Å². The second kappa shape index (κ2) is 6.73. The van der Waals surface area contributed by atoms with Crippen LogP contribution in [0.1, 0.15) is 32.6 Å². The number of nitrogens with zero attached hydrogens (tertiary/aromatic N) is 2. The summed E-state index contributed by atoms with van der Waals surface area (Å²) in [4.78, 5) is 2.41. The van der Waals surface area contributed by atoms with Crippen LogP contribution >= 0.6 is 0 Å². The van der Waals surface area contributed by atoms with Crippen molar-refractivity contribution < 1.29 is 13.5 Å². The van der Waals surface area contributed by atoms with E-state index in [0.717, 1.165) is 45.3 Å². The van der Waals surface area contributed by atoms with Gasteiger partial charge in [0.25, 0.3) is 0 Å². The number of likely N-dealkylation sites (tertiary alicyclic amines) is 1. The molecule has 0 amide bonds. The fraction of sp³-hybridized carbons (Fsp3) is 1.00. The Kier molecular flexibility index (Phi) is 5.45. The first kappa shape index (κ1) is 16.2. The molecule has 2 heterocycles. The van der Waals surface area contributed by atoms with E-state index in [9.17, 15) is 13.5 Å². The van der Waals surface area contributed by atoms with E-state index >= 15 is 0 Å². The largest absolute Gasteiger partial charge is 0.393 e. The van der Waals surface area contributed by atoms with Gasteiger partial charge >= 0.3 is 0 Å². The highest BCUT2D eigenvalue weighted by Crippen LogP contribution is 2.24. The Hall–Kier alpha value is -0.170. The van der Waals surface area contributed by atoms with E-state index in [1.165, 1.54) is 6.26 Å². The topological polar surface area (TPSA) is 60.9 Å². The second-order valence-corrected chi connectivity index (χ2v) is 8.51. The van der Waals surface area contributed by atoms with Gasteiger partial charge in [-0.2, -0.15) is 0 Å². The van der Waals surface area contributed by atoms with Gasteiger partial charge in [-0.25, -0.2) is 12.7 Å². The maximum Gasteiger partial charge on any atom is 0.211 e. The summed E-state index contributed by atoms with van der Waals surface area (Å²) >= 11 is 0. The zero-order chi connectivity index (χ0) is 14.8. The first-order valence-corrected chi connectivity index (χ1v) is 9.56. The van der Waals surface area contributed by atoms with Gasteiger partial charge in [0, 0.05) is 26.2 Å². The lowest BCUT2D eigenvalue weighted by Crippen LogP contribution is -2.46. The molecule has 0 aliphatic carbocycles. The van der Waals surface area contributed by atoms with Crippen molar-refractivity contribution in [2.75, 3.05) is 39.0 Å². The van der Waals surface area contributed by atoms with E-state index in [-0.39, 0.29) is 6.10 Å². The molecule has 0 spiro atoms. The first-order chi connectivity index (χ1) is 9.36. The molecule has 0 bridgehead atoms. The number of hydrogen-bond donors (Lipinski definition) is 1. The van der Waals surface area contributed by atoms with Gasteiger partial charge in [0.1, 0.15) is 0 Å². The fourth-order valence-electron chi connectivity index (χ4n) is 3.49. The molecule has 5 nitrogen and oxygen atoms in total. The predicted octanol–water partition coefficient (Wildman–Crippen LogP) is 0.751. The number of piperidine rings is 2. The third kappa shape index (κ3) is 4.41. The maximum atomic E-state index is 11.6. The highest BCUT2D eigenvalue weighted by atomic mass is 32.2. The van der Waals surface area contributed by atoms with Crippen LogP contribution in [0.4, 0.5) is 0 Å². The summed E-state index contributed by atoms with van der Waals surface area (Å²) in [6.45, 7) is 6.21. The van der Waals surface area contributed by atoms with Gasteiger partial charge in [0.05, 0.1) is 12.4 Å². The molecule has 3 atom stereocenters. The molecule has 6 heteroatoms. The number of aliphatic hydroxyl groups excluding tert-OH is 1. The smallest absolute Gasteiger partial charge is 0.211 e. The van der Waals surface area contributed by atoms with Crippen LogP contribution in [0.2, 0.25) is 0 Å². The summed E-state index contributed by atoms with van der Waals surface area (Å²) in [6.07, 6.45) is 5.39. The number of hydrogen-bond acceptors (Lipinski definition) is 4. The van der Waals surface area contributed by atoms with E-state index in [1.54, 1.807) is 4.31 Å². The lowest BCUT2D eigenvalue weighted by molar-refractivity contribution is 0.0519. The van der Waals surface area contributed by atoms with Crippen LogP contribution in [0.15, 0.2) is 0 Å². The molecule has 2 aliphatic rings. The summed E-state index contributed by atoms with van der Waals surface area (Å²) in [5.41, 5.74) is 0. The summed E-state index contributed by atoms with van der Waals surface area (Å²) in [6, 6.07) is 0. The average Bonchev–Trinajstić information content (AvgIpc) is 2.38. The monoisotopic (exact) mass is 304 g/mol. The van der Waals surface area contributed by atoms with E-state index in [2.05, 4.69) is 4.90 Å². The van der Waals surface area contributed by atoms with Gasteiger partial charge in [-0.05, 0) is 51.0 Å². The van der Waals surface area contributed by atoms with E-state index in [1.807, 2.05) is 6.92 Å². The molecule has 2 aliphatic heterocycles. The highest BCUT2D eigenvalue weighted by molar-refractivity contribution is 7.88. The molecule has 3 unspecified atom stereocenters. The van der Waals surface area contributed by atoms with Crippen molar-refractivity contribution in [3.8, 4) is 0 Å². The average molecular weight is 304 g/mol. The molecule has 2 fully saturated rings. The minimum atomic E-state index is -3.05. The van der Waals surface area contributed by atoms with Crippen LogP contribution in [0.25, 0.3) is 0 Å². The number of aliphatic hydroxyl groups is 1. The Morgan fingerprint density at radius 1 is 1.20 bits per heavy atom. The van der Waals surface area contributed by atoms with Gasteiger partial charge in [-0.3, -0.25) is 0 Å². The van der Waals surface area contributed by atoms with Crippen molar-refractivity contribution >= 4 is 10.0 Å². The van der Waals surface area contributed by atoms with Crippen molar-refractivity contribution in [3.05, 3.63) is 0 Å². The van der Waals surface area contributed by atoms with Crippen molar-refractivity contribution in [2.24, 2.45) is 11.8 Å². The zero-order valence-electron chi connectivity index (χ0n) is 12.7. The summed E-state index contributed by atoms with van der Waals surface area (Å²) in [7, 11) is -3.05. The van der Waals surface area contributed by atoms with Gasteiger partial charge in [-0.1, -0.05) is 0 Å². The quantitative estimate of drug-likeness (QED) is 0.832. The molecule has 0 aromatic rings. The van der Waals surface area contributed by atoms with Crippen molar-refractivity contribution in [2.45, 2.75) is 38.7 Å². The molecule has 2 saturated heterocycles. The minimum Gasteiger partial charge on any atom is -0.393 e. The summed E-state index contributed by atoms with van der Waals surface area (Å²) in [5.74, 6) is 0.810. The fourth-order valence-corrected chi connectivity index (χ4v) is 4.44. The summed E-state index contributed by atoms with van der Waals surface area (Å²) < 4.78 is 24.9. The molecule has 0 radical (unpaired) electrons. The molecule has 2 rings (SSSR count). The molecule has 0 aromatic carbocycles. The second-order valence-electron chi connectivity index (χ2n) is 6.53. The molecular formula is C14H28N2O3S. The van der Waals surface area contributed by atoms with Crippen LogP contribution in [0, 0.1) is 11.8 Å². The van der Waals surface area contributed by atoms with Crippen LogP contribution < -0.4 is 0 Å². The third-order valence-corrected chi connectivity index (χ3v) is 5.96. The van der Waals surface area contributed by atoms with Crippen molar-refractivity contribution in [1.82, 2.24) is 9.21 Å². The van der Waals surface area contributed by atoms with Crippen LogP contribution in [-0.4, -0.2) is 67.8 Å². The van der Waals surface area contributed by atoms with Gasteiger partial charge in [0.2, 0.25) is 10.0 Å².